The first kappa shape index (κ1) is 12.6. The summed E-state index contributed by atoms with van der Waals surface area (Å²) >= 11 is 7.68. The highest BCUT2D eigenvalue weighted by Crippen LogP contribution is 2.33. The van der Waals surface area contributed by atoms with Crippen LogP contribution in [-0.2, 0) is 6.42 Å². The molecule has 1 unspecified atom stereocenters. The summed E-state index contributed by atoms with van der Waals surface area (Å²) in [5.41, 5.74) is 7.72. The Hall–Kier alpha value is -0.900. The van der Waals surface area contributed by atoms with Crippen molar-refractivity contribution in [2.45, 2.75) is 19.4 Å². The van der Waals surface area contributed by atoms with E-state index in [-0.39, 0.29) is 11.9 Å². The average molecular weight is 270 g/mol. The van der Waals surface area contributed by atoms with Crippen LogP contribution in [0.15, 0.2) is 29.6 Å². The smallest absolute Gasteiger partial charge is 0.126 e. The summed E-state index contributed by atoms with van der Waals surface area (Å²) in [6, 6.07) is 6.43. The maximum absolute atomic E-state index is 13.5. The van der Waals surface area contributed by atoms with Gasteiger partial charge in [0, 0.05) is 10.9 Å². The second-order valence-corrected chi connectivity index (χ2v) is 5.29. The molecule has 2 aromatic rings. The van der Waals surface area contributed by atoms with Crippen molar-refractivity contribution in [2.75, 3.05) is 0 Å². The van der Waals surface area contributed by atoms with Crippen LogP contribution in [0.5, 0.6) is 0 Å². The van der Waals surface area contributed by atoms with Crippen molar-refractivity contribution in [3.8, 4) is 0 Å². The predicted molar refractivity (Wildman–Crippen MR) is 71.1 cm³/mol. The summed E-state index contributed by atoms with van der Waals surface area (Å²) in [5.74, 6) is -0.215. The largest absolute Gasteiger partial charge is 0.323 e. The average Bonchev–Trinajstić information content (AvgIpc) is 2.63. The molecular weight excluding hydrogens is 257 g/mol. The molecular formula is C13H13ClFNS. The summed E-state index contributed by atoms with van der Waals surface area (Å²) < 4.78 is 13.5. The van der Waals surface area contributed by atoms with Crippen LogP contribution >= 0.6 is 22.9 Å². The number of rotatable bonds is 3. The molecule has 17 heavy (non-hydrogen) atoms. The SMILES string of the molecule is Cc1csc(C(N)Cc2ccccc2F)c1Cl. The molecule has 2 rings (SSSR count). The Labute approximate surface area is 109 Å². The number of hydrogen-bond acceptors (Lipinski definition) is 2. The van der Waals surface area contributed by atoms with Crippen LogP contribution in [0, 0.1) is 12.7 Å². The third-order valence-corrected chi connectivity index (χ3v) is 4.51. The molecule has 0 saturated heterocycles. The van der Waals surface area contributed by atoms with Crippen molar-refractivity contribution in [1.29, 1.82) is 0 Å². The molecule has 1 aromatic heterocycles. The minimum atomic E-state index is -0.252. The quantitative estimate of drug-likeness (QED) is 0.892. The molecule has 0 radical (unpaired) electrons. The van der Waals surface area contributed by atoms with E-state index in [2.05, 4.69) is 0 Å². The fourth-order valence-electron chi connectivity index (χ4n) is 1.69. The van der Waals surface area contributed by atoms with Crippen molar-refractivity contribution in [2.24, 2.45) is 5.73 Å². The zero-order valence-electron chi connectivity index (χ0n) is 9.41. The maximum Gasteiger partial charge on any atom is 0.126 e. The standard InChI is InChI=1S/C13H13ClFNS/c1-8-7-17-13(12(8)14)11(16)6-9-4-2-3-5-10(9)15/h2-5,7,11H,6,16H2,1H3. The summed E-state index contributed by atoms with van der Waals surface area (Å²) in [6.45, 7) is 1.94. The summed E-state index contributed by atoms with van der Waals surface area (Å²) in [4.78, 5) is 0.924. The van der Waals surface area contributed by atoms with E-state index < -0.39 is 0 Å². The highest BCUT2D eigenvalue weighted by Gasteiger charge is 2.16. The van der Waals surface area contributed by atoms with Crippen LogP contribution in [0.25, 0.3) is 0 Å². The van der Waals surface area contributed by atoms with Gasteiger partial charge in [-0.3, -0.25) is 0 Å². The fraction of sp³-hybridized carbons (Fsp3) is 0.231. The van der Waals surface area contributed by atoms with Gasteiger partial charge in [0.05, 0.1) is 5.02 Å². The molecule has 1 atom stereocenters. The number of benzene rings is 1. The Bertz CT molecular complexity index is 524. The Morgan fingerprint density at radius 2 is 2.12 bits per heavy atom. The topological polar surface area (TPSA) is 26.0 Å². The minimum absolute atomic E-state index is 0.215. The molecule has 0 aliphatic rings. The van der Waals surface area contributed by atoms with Crippen LogP contribution < -0.4 is 5.73 Å². The van der Waals surface area contributed by atoms with E-state index in [0.717, 1.165) is 10.4 Å². The minimum Gasteiger partial charge on any atom is -0.323 e. The van der Waals surface area contributed by atoms with Gasteiger partial charge < -0.3 is 5.73 Å². The second-order valence-electron chi connectivity index (χ2n) is 4.00. The lowest BCUT2D eigenvalue weighted by molar-refractivity contribution is 0.595. The van der Waals surface area contributed by atoms with E-state index in [1.807, 2.05) is 18.4 Å². The predicted octanol–water partition coefficient (Wildman–Crippen LogP) is 4.09. The van der Waals surface area contributed by atoms with Crippen molar-refractivity contribution in [3.63, 3.8) is 0 Å². The normalized spacial score (nSPS) is 12.7. The van der Waals surface area contributed by atoms with Gasteiger partial charge in [0.25, 0.3) is 0 Å². The van der Waals surface area contributed by atoms with Gasteiger partial charge >= 0.3 is 0 Å². The molecule has 4 heteroatoms. The summed E-state index contributed by atoms with van der Waals surface area (Å²) in [7, 11) is 0. The number of thiophene rings is 1. The summed E-state index contributed by atoms with van der Waals surface area (Å²) in [6.07, 6.45) is 0.465. The third-order valence-electron chi connectivity index (χ3n) is 2.66. The zero-order chi connectivity index (χ0) is 12.4. The first-order valence-corrected chi connectivity index (χ1v) is 6.58. The Balaban J connectivity index is 2.20. The van der Waals surface area contributed by atoms with E-state index in [1.54, 1.807) is 12.1 Å². The fourth-order valence-corrected chi connectivity index (χ4v) is 3.03. The monoisotopic (exact) mass is 269 g/mol. The van der Waals surface area contributed by atoms with Crippen LogP contribution in [0.4, 0.5) is 4.39 Å². The van der Waals surface area contributed by atoms with E-state index in [4.69, 9.17) is 17.3 Å². The summed E-state index contributed by atoms with van der Waals surface area (Å²) in [5, 5.41) is 2.68. The molecule has 2 N–H and O–H groups in total. The third kappa shape index (κ3) is 2.68. The molecule has 0 bridgehead atoms. The van der Waals surface area contributed by atoms with Crippen molar-refractivity contribution >= 4 is 22.9 Å². The molecule has 0 fully saturated rings. The van der Waals surface area contributed by atoms with Gasteiger partial charge in [0.15, 0.2) is 0 Å². The van der Waals surface area contributed by atoms with Gasteiger partial charge in [0.1, 0.15) is 5.82 Å². The van der Waals surface area contributed by atoms with E-state index in [0.29, 0.717) is 17.0 Å². The van der Waals surface area contributed by atoms with Crippen LogP contribution in [0.3, 0.4) is 0 Å². The van der Waals surface area contributed by atoms with Crippen molar-refractivity contribution < 1.29 is 4.39 Å². The molecule has 0 amide bonds. The Morgan fingerprint density at radius 3 is 2.71 bits per heavy atom. The van der Waals surface area contributed by atoms with Gasteiger partial charge in [-0.1, -0.05) is 29.8 Å². The lowest BCUT2D eigenvalue weighted by Gasteiger charge is -2.11. The Morgan fingerprint density at radius 1 is 1.41 bits per heavy atom. The molecule has 90 valence electrons. The zero-order valence-corrected chi connectivity index (χ0v) is 11.0. The van der Waals surface area contributed by atoms with Crippen LogP contribution in [-0.4, -0.2) is 0 Å². The molecule has 1 aromatic carbocycles. The second kappa shape index (κ2) is 5.17. The first-order valence-electron chi connectivity index (χ1n) is 5.32. The Kier molecular flexibility index (Phi) is 3.82. The highest BCUT2D eigenvalue weighted by molar-refractivity contribution is 7.10. The van der Waals surface area contributed by atoms with Gasteiger partial charge in [-0.2, -0.15) is 0 Å². The van der Waals surface area contributed by atoms with E-state index in [9.17, 15) is 4.39 Å². The van der Waals surface area contributed by atoms with Gasteiger partial charge in [-0.15, -0.1) is 11.3 Å². The first-order chi connectivity index (χ1) is 8.09. The number of halogens is 2. The number of aryl methyl sites for hydroxylation is 1. The number of nitrogens with two attached hydrogens (primary N) is 1. The highest BCUT2D eigenvalue weighted by atomic mass is 35.5. The van der Waals surface area contributed by atoms with E-state index >= 15 is 0 Å². The van der Waals surface area contributed by atoms with Crippen LogP contribution in [0.2, 0.25) is 5.02 Å². The molecule has 1 heterocycles. The van der Waals surface area contributed by atoms with Crippen molar-refractivity contribution in [1.82, 2.24) is 0 Å². The van der Waals surface area contributed by atoms with E-state index in [1.165, 1.54) is 17.4 Å². The lowest BCUT2D eigenvalue weighted by atomic mass is 10.0. The molecule has 0 spiro atoms. The molecule has 0 aliphatic heterocycles. The number of hydrogen-bond donors (Lipinski definition) is 1. The molecule has 0 aliphatic carbocycles. The lowest BCUT2D eigenvalue weighted by Crippen LogP contribution is -2.13. The van der Waals surface area contributed by atoms with Gasteiger partial charge in [0.2, 0.25) is 0 Å². The van der Waals surface area contributed by atoms with Gasteiger partial charge in [-0.05, 0) is 35.9 Å². The molecule has 0 saturated carbocycles. The molecule has 1 nitrogen and oxygen atoms in total. The van der Waals surface area contributed by atoms with Crippen molar-refractivity contribution in [3.05, 3.63) is 56.5 Å². The van der Waals surface area contributed by atoms with Gasteiger partial charge in [-0.25, -0.2) is 4.39 Å². The van der Waals surface area contributed by atoms with Crippen LogP contribution in [0.1, 0.15) is 22.0 Å². The maximum atomic E-state index is 13.5.